The summed E-state index contributed by atoms with van der Waals surface area (Å²) in [5, 5.41) is 4.95. The van der Waals surface area contributed by atoms with Crippen molar-refractivity contribution in [3.63, 3.8) is 0 Å². The van der Waals surface area contributed by atoms with Gasteiger partial charge < -0.3 is 15.2 Å². The second kappa shape index (κ2) is 7.52. The van der Waals surface area contributed by atoms with Gasteiger partial charge >= 0.3 is 0 Å². The number of H-pyrrole nitrogens is 1. The van der Waals surface area contributed by atoms with E-state index in [0.717, 1.165) is 34.6 Å². The molecule has 6 nitrogen and oxygen atoms in total. The lowest BCUT2D eigenvalue weighted by Crippen LogP contribution is -2.45. The van der Waals surface area contributed by atoms with Crippen LogP contribution in [-0.2, 0) is 4.79 Å². The van der Waals surface area contributed by atoms with Crippen molar-refractivity contribution < 1.29 is 9.59 Å². The van der Waals surface area contributed by atoms with Crippen LogP contribution in [0, 0.1) is 5.92 Å². The Morgan fingerprint density at radius 2 is 2.15 bits per heavy atom. The van der Waals surface area contributed by atoms with Crippen LogP contribution in [0.5, 0.6) is 0 Å². The summed E-state index contributed by atoms with van der Waals surface area (Å²) < 4.78 is 0. The van der Waals surface area contributed by atoms with Crippen LogP contribution in [0.3, 0.4) is 0 Å². The minimum absolute atomic E-state index is 0.0211. The third-order valence-electron chi connectivity index (χ3n) is 4.99. The minimum atomic E-state index is -0.215. The fourth-order valence-electron chi connectivity index (χ4n) is 3.51. The highest BCUT2D eigenvalue weighted by Crippen LogP contribution is 2.22. The van der Waals surface area contributed by atoms with E-state index < -0.39 is 0 Å². The molecule has 2 aromatic heterocycles. The summed E-state index contributed by atoms with van der Waals surface area (Å²) in [6.07, 6.45) is 1.64. The second-order valence-electron chi connectivity index (χ2n) is 6.94. The normalized spacial score (nSPS) is 18.4. The number of rotatable bonds is 4. The van der Waals surface area contributed by atoms with E-state index in [1.54, 1.807) is 4.90 Å². The van der Waals surface area contributed by atoms with Crippen LogP contribution in [0.2, 0.25) is 0 Å². The molecule has 0 spiro atoms. The Balaban J connectivity index is 1.40. The van der Waals surface area contributed by atoms with E-state index in [2.05, 4.69) is 15.3 Å². The van der Waals surface area contributed by atoms with Crippen molar-refractivity contribution in [1.29, 1.82) is 0 Å². The van der Waals surface area contributed by atoms with Crippen molar-refractivity contribution in [2.24, 2.45) is 5.92 Å². The van der Waals surface area contributed by atoms with Gasteiger partial charge in [0.2, 0.25) is 5.91 Å². The Hall–Kier alpha value is -2.67. The van der Waals surface area contributed by atoms with E-state index in [4.69, 9.17) is 0 Å². The molecule has 27 heavy (non-hydrogen) atoms. The molecular formula is C20H22N4O2S. The summed E-state index contributed by atoms with van der Waals surface area (Å²) >= 11 is 1.44. The van der Waals surface area contributed by atoms with E-state index in [-0.39, 0.29) is 23.8 Å². The zero-order chi connectivity index (χ0) is 18.8. The molecule has 140 valence electrons. The number of aromatic amines is 1. The Morgan fingerprint density at radius 1 is 1.30 bits per heavy atom. The lowest BCUT2D eigenvalue weighted by molar-refractivity contribution is -0.127. The molecule has 1 aliphatic heterocycles. The highest BCUT2D eigenvalue weighted by atomic mass is 32.1. The van der Waals surface area contributed by atoms with Gasteiger partial charge in [-0.15, -0.1) is 11.3 Å². The fraction of sp³-hybridized carbons (Fsp3) is 0.350. The SMILES string of the molecule is CC(NC(=O)C1CCCN(C(=O)c2cccs2)C1)c1nc2ccccc2[nH]1. The van der Waals surface area contributed by atoms with Gasteiger partial charge in [-0.2, -0.15) is 0 Å². The first-order chi connectivity index (χ1) is 13.1. The van der Waals surface area contributed by atoms with Crippen molar-refractivity contribution in [2.45, 2.75) is 25.8 Å². The van der Waals surface area contributed by atoms with E-state index in [0.29, 0.717) is 13.1 Å². The van der Waals surface area contributed by atoms with Crippen LogP contribution in [-0.4, -0.2) is 39.8 Å². The van der Waals surface area contributed by atoms with E-state index >= 15 is 0 Å². The number of amides is 2. The molecule has 2 unspecified atom stereocenters. The van der Waals surface area contributed by atoms with Gasteiger partial charge in [0.05, 0.1) is 27.9 Å². The smallest absolute Gasteiger partial charge is 0.263 e. The van der Waals surface area contributed by atoms with E-state index in [1.165, 1.54) is 11.3 Å². The van der Waals surface area contributed by atoms with Crippen molar-refractivity contribution in [3.05, 3.63) is 52.5 Å². The van der Waals surface area contributed by atoms with Crippen LogP contribution in [0.4, 0.5) is 0 Å². The number of aromatic nitrogens is 2. The average Bonchev–Trinajstić information content (AvgIpc) is 3.37. The molecule has 0 bridgehead atoms. The molecule has 3 aromatic rings. The molecule has 1 fully saturated rings. The Kier molecular flexibility index (Phi) is 4.94. The fourth-order valence-corrected chi connectivity index (χ4v) is 4.20. The molecular weight excluding hydrogens is 360 g/mol. The number of likely N-dealkylation sites (tertiary alicyclic amines) is 1. The molecule has 0 radical (unpaired) electrons. The lowest BCUT2D eigenvalue weighted by atomic mass is 9.96. The largest absolute Gasteiger partial charge is 0.346 e. The van der Waals surface area contributed by atoms with Crippen LogP contribution in [0.25, 0.3) is 11.0 Å². The summed E-state index contributed by atoms with van der Waals surface area (Å²) in [5.74, 6) is 0.556. The number of para-hydroxylation sites is 2. The molecule has 3 heterocycles. The molecule has 0 aliphatic carbocycles. The summed E-state index contributed by atoms with van der Waals surface area (Å²) in [7, 11) is 0. The maximum Gasteiger partial charge on any atom is 0.263 e. The number of carbonyl (C=O) groups excluding carboxylic acids is 2. The van der Waals surface area contributed by atoms with E-state index in [1.807, 2.05) is 48.7 Å². The van der Waals surface area contributed by atoms with Crippen molar-refractivity contribution in [2.75, 3.05) is 13.1 Å². The van der Waals surface area contributed by atoms with Crippen LogP contribution >= 0.6 is 11.3 Å². The Morgan fingerprint density at radius 3 is 2.93 bits per heavy atom. The monoisotopic (exact) mass is 382 g/mol. The first kappa shape index (κ1) is 17.7. The molecule has 2 atom stereocenters. The van der Waals surface area contributed by atoms with E-state index in [9.17, 15) is 9.59 Å². The number of thiophene rings is 1. The predicted octanol–water partition coefficient (Wildman–Crippen LogP) is 3.35. The first-order valence-corrected chi connectivity index (χ1v) is 10.1. The van der Waals surface area contributed by atoms with Crippen LogP contribution in [0.15, 0.2) is 41.8 Å². The molecule has 1 saturated heterocycles. The first-order valence-electron chi connectivity index (χ1n) is 9.19. The minimum Gasteiger partial charge on any atom is -0.346 e. The number of imidazole rings is 1. The quantitative estimate of drug-likeness (QED) is 0.726. The molecule has 4 rings (SSSR count). The topological polar surface area (TPSA) is 78.1 Å². The van der Waals surface area contributed by atoms with Crippen LogP contribution < -0.4 is 5.32 Å². The third-order valence-corrected chi connectivity index (χ3v) is 5.85. The van der Waals surface area contributed by atoms with Gasteiger partial charge in [0.1, 0.15) is 5.82 Å². The number of nitrogens with one attached hydrogen (secondary N) is 2. The molecule has 1 aromatic carbocycles. The maximum absolute atomic E-state index is 12.8. The number of nitrogens with zero attached hydrogens (tertiary/aromatic N) is 2. The highest BCUT2D eigenvalue weighted by molar-refractivity contribution is 7.12. The van der Waals surface area contributed by atoms with Gasteiger partial charge in [-0.1, -0.05) is 18.2 Å². The average molecular weight is 382 g/mol. The molecule has 2 amide bonds. The number of carbonyl (C=O) groups is 2. The van der Waals surface area contributed by atoms with Gasteiger partial charge in [0.25, 0.3) is 5.91 Å². The zero-order valence-corrected chi connectivity index (χ0v) is 16.0. The summed E-state index contributed by atoms with van der Waals surface area (Å²) in [5.41, 5.74) is 1.85. The van der Waals surface area contributed by atoms with Crippen molar-refractivity contribution >= 4 is 34.2 Å². The summed E-state index contributed by atoms with van der Waals surface area (Å²) in [6.45, 7) is 3.10. The lowest BCUT2D eigenvalue weighted by Gasteiger charge is -2.32. The number of piperidine rings is 1. The summed E-state index contributed by atoms with van der Waals surface area (Å²) in [6, 6.07) is 11.3. The van der Waals surface area contributed by atoms with Gasteiger partial charge in [-0.05, 0) is 43.3 Å². The predicted molar refractivity (Wildman–Crippen MR) is 106 cm³/mol. The standard InChI is InChI=1S/C20H22N4O2S/c1-13(18-22-15-7-2-3-8-16(15)23-18)21-19(25)14-6-4-10-24(12-14)20(26)17-9-5-11-27-17/h2-3,5,7-9,11,13-14H,4,6,10,12H2,1H3,(H,21,25)(H,22,23). The molecule has 2 N–H and O–H groups in total. The van der Waals surface area contributed by atoms with Crippen molar-refractivity contribution in [1.82, 2.24) is 20.2 Å². The Labute approximate surface area is 161 Å². The number of fused-ring (bicyclic) bond motifs is 1. The summed E-state index contributed by atoms with van der Waals surface area (Å²) in [4.78, 5) is 35.7. The van der Waals surface area contributed by atoms with Gasteiger partial charge in [-0.3, -0.25) is 9.59 Å². The number of benzene rings is 1. The van der Waals surface area contributed by atoms with Gasteiger partial charge in [-0.25, -0.2) is 4.98 Å². The molecule has 1 aliphatic rings. The zero-order valence-electron chi connectivity index (χ0n) is 15.1. The van der Waals surface area contributed by atoms with Crippen LogP contribution in [0.1, 0.15) is 41.3 Å². The molecule has 0 saturated carbocycles. The van der Waals surface area contributed by atoms with Gasteiger partial charge in [0, 0.05) is 13.1 Å². The Bertz CT molecular complexity index is 917. The number of hydrogen-bond acceptors (Lipinski definition) is 4. The number of hydrogen-bond donors (Lipinski definition) is 2. The third kappa shape index (κ3) is 3.73. The van der Waals surface area contributed by atoms with Gasteiger partial charge in [0.15, 0.2) is 0 Å². The maximum atomic E-state index is 12.8. The molecule has 7 heteroatoms. The second-order valence-corrected chi connectivity index (χ2v) is 7.88. The van der Waals surface area contributed by atoms with Crippen molar-refractivity contribution in [3.8, 4) is 0 Å². The highest BCUT2D eigenvalue weighted by Gasteiger charge is 2.30.